The molecule has 5 saturated heterocycles. The molecule has 55 heavy (non-hydrogen) atoms. The third kappa shape index (κ3) is 9.09. The Morgan fingerprint density at radius 3 is 1.91 bits per heavy atom. The average molecular weight is 791 g/mol. The molecular weight excluding hydrogens is 720 g/mol. The van der Waals surface area contributed by atoms with Crippen molar-refractivity contribution in [3.8, 4) is 0 Å². The van der Waals surface area contributed by atoms with Crippen molar-refractivity contribution in [1.29, 1.82) is 0 Å². The summed E-state index contributed by atoms with van der Waals surface area (Å²) in [5.74, 6) is -5.19. The molecule has 5 aliphatic rings. The van der Waals surface area contributed by atoms with Gasteiger partial charge in [-0.2, -0.15) is 0 Å². The van der Waals surface area contributed by atoms with Gasteiger partial charge in [0.2, 0.25) is 6.29 Å². The topological polar surface area (TPSA) is 212 Å². The van der Waals surface area contributed by atoms with Crippen LogP contribution in [0.1, 0.15) is 108 Å². The van der Waals surface area contributed by atoms with E-state index in [4.69, 9.17) is 37.9 Å². The lowest BCUT2D eigenvalue weighted by atomic mass is 9.68. The fraction of sp³-hybridized carbons (Fsp3) is 0.975. The second kappa shape index (κ2) is 17.7. The molecule has 0 aromatic carbocycles. The molecule has 0 aromatic heterocycles. The van der Waals surface area contributed by atoms with E-state index in [9.17, 15) is 35.4 Å². The van der Waals surface area contributed by atoms with Gasteiger partial charge in [0.25, 0.3) is 0 Å². The van der Waals surface area contributed by atoms with Gasteiger partial charge in [-0.15, -0.1) is 0 Å². The minimum absolute atomic E-state index is 0.0430. The summed E-state index contributed by atoms with van der Waals surface area (Å²) >= 11 is 0. The van der Waals surface area contributed by atoms with Gasteiger partial charge in [0.15, 0.2) is 18.4 Å². The van der Waals surface area contributed by atoms with E-state index in [2.05, 4.69) is 0 Å². The van der Waals surface area contributed by atoms with Crippen molar-refractivity contribution in [2.45, 2.75) is 212 Å². The van der Waals surface area contributed by atoms with Crippen LogP contribution in [-0.4, -0.2) is 140 Å². The van der Waals surface area contributed by atoms with Crippen LogP contribution in [0.3, 0.4) is 0 Å². The molecule has 5 aliphatic heterocycles. The highest BCUT2D eigenvalue weighted by Gasteiger charge is 2.62. The van der Waals surface area contributed by atoms with Crippen LogP contribution in [0.4, 0.5) is 0 Å². The highest BCUT2D eigenvalue weighted by molar-refractivity contribution is 5.73. The van der Waals surface area contributed by atoms with Crippen molar-refractivity contribution < 1.29 is 73.3 Å². The lowest BCUT2D eigenvalue weighted by Gasteiger charge is -2.60. The maximum Gasteiger partial charge on any atom is 0.313 e. The summed E-state index contributed by atoms with van der Waals surface area (Å²) in [6, 6.07) is 0. The van der Waals surface area contributed by atoms with Gasteiger partial charge in [-0.1, -0.05) is 41.5 Å². The van der Waals surface area contributed by atoms with Crippen molar-refractivity contribution in [2.24, 2.45) is 35.5 Å². The zero-order chi connectivity index (χ0) is 40.9. The fourth-order valence-electron chi connectivity index (χ4n) is 9.67. The van der Waals surface area contributed by atoms with Crippen LogP contribution >= 0.6 is 0 Å². The van der Waals surface area contributed by atoms with Gasteiger partial charge in [0.1, 0.15) is 12.2 Å². The summed E-state index contributed by atoms with van der Waals surface area (Å²) in [6.45, 7) is 19.6. The smallest absolute Gasteiger partial charge is 0.313 e. The van der Waals surface area contributed by atoms with Crippen LogP contribution in [-0.2, 0) is 42.7 Å². The molecule has 15 heteroatoms. The highest BCUT2D eigenvalue weighted by atomic mass is 16.7. The Hall–Kier alpha value is -1.05. The Labute approximate surface area is 326 Å². The Bertz CT molecular complexity index is 1250. The monoisotopic (exact) mass is 790 g/mol. The number of aliphatic hydroxyl groups is 6. The van der Waals surface area contributed by atoms with E-state index in [1.165, 1.54) is 0 Å². The van der Waals surface area contributed by atoms with E-state index < -0.39 is 127 Å². The van der Waals surface area contributed by atoms with Crippen molar-refractivity contribution in [2.75, 3.05) is 0 Å². The van der Waals surface area contributed by atoms with Crippen molar-refractivity contribution in [1.82, 2.24) is 0 Å². The largest absolute Gasteiger partial charge is 0.435 e. The number of hydrogen-bond donors (Lipinski definition) is 6. The summed E-state index contributed by atoms with van der Waals surface area (Å²) in [7, 11) is 0. The number of ether oxygens (including phenoxy) is 8. The zero-order valence-corrected chi connectivity index (χ0v) is 34.5. The maximum atomic E-state index is 13.7. The number of carbonyl (C=O) groups excluding carboxylic acids is 1. The number of aliphatic hydroxyl groups excluding tert-OH is 5. The third-order valence-corrected chi connectivity index (χ3v) is 13.6. The minimum atomic E-state index is -1.43. The van der Waals surface area contributed by atoms with E-state index in [0.29, 0.717) is 19.3 Å². The second-order valence-corrected chi connectivity index (χ2v) is 17.7. The SMILES string of the molecule is CC[C@@H](O)[C@@H](C)[C@@H]1O[C@@]2(O[C@H]([C@H](C)C(=O)O[C@@H]3C[C@@H](O)[C@@H](O[C@@H]4CC[C@@H](O[C@@H]5C[C@](C)(O)[C@@H](O)[C@H](C)O5)[C@H](C)O4)[C@H](C)O3)[C@@H](C)[C@@H](O)[C@@H]2C)[C@H](C)[C@H](O)[C@@H]1C. The standard InChI is InChI=1S/C40H70O15/c1-12-26(41)17(2)34-18(3)32(43)21(6)40(54-34)22(7)33(44)19(4)35(55-40)20(5)38(46)53-30-15-27(42)36(24(9)49-30)52-29-14-13-28(23(8)48-29)51-31-16-39(11,47)37(45)25(10)50-31/h17-37,41-45,47H,12-16H2,1-11H3/t17-,18+,19+,20+,21-,22+,23+,24+,25+,26-,27-,28-,29-,30-,31-,32-,33-,34+,35+,36+,37+,39+,40-/m1/s1. The summed E-state index contributed by atoms with van der Waals surface area (Å²) in [5, 5.41) is 65.7. The Balaban J connectivity index is 1.17. The first kappa shape index (κ1) is 45.0. The lowest BCUT2D eigenvalue weighted by Crippen LogP contribution is -2.70. The van der Waals surface area contributed by atoms with Crippen LogP contribution < -0.4 is 0 Å². The number of rotatable bonds is 10. The van der Waals surface area contributed by atoms with Crippen LogP contribution in [0.25, 0.3) is 0 Å². The number of carbonyl (C=O) groups is 1. The molecular formula is C40H70O15. The molecule has 0 unspecified atom stereocenters. The fourth-order valence-corrected chi connectivity index (χ4v) is 9.67. The first-order valence-corrected chi connectivity index (χ1v) is 20.6. The van der Waals surface area contributed by atoms with Crippen molar-refractivity contribution >= 4 is 5.97 Å². The molecule has 5 rings (SSSR count). The molecule has 320 valence electrons. The Kier molecular flexibility index (Phi) is 14.5. The normalized spacial score (nSPS) is 51.3. The van der Waals surface area contributed by atoms with Gasteiger partial charge in [0, 0.05) is 48.9 Å². The number of esters is 1. The molecule has 5 fully saturated rings. The van der Waals surface area contributed by atoms with Gasteiger partial charge in [-0.3, -0.25) is 4.79 Å². The molecule has 15 nitrogen and oxygen atoms in total. The van der Waals surface area contributed by atoms with Gasteiger partial charge in [0.05, 0.1) is 72.6 Å². The van der Waals surface area contributed by atoms with Gasteiger partial charge < -0.3 is 68.5 Å². The first-order chi connectivity index (χ1) is 25.6. The second-order valence-electron chi connectivity index (χ2n) is 17.7. The van der Waals surface area contributed by atoms with Crippen LogP contribution in [0.15, 0.2) is 0 Å². The summed E-state index contributed by atoms with van der Waals surface area (Å²) in [5.41, 5.74) is -1.34. The third-order valence-electron chi connectivity index (χ3n) is 13.6. The van der Waals surface area contributed by atoms with E-state index >= 15 is 0 Å². The van der Waals surface area contributed by atoms with Crippen LogP contribution in [0.5, 0.6) is 0 Å². The molecule has 0 radical (unpaired) electrons. The molecule has 0 amide bonds. The van der Waals surface area contributed by atoms with Gasteiger partial charge in [-0.05, 0) is 47.5 Å². The van der Waals surface area contributed by atoms with Crippen LogP contribution in [0.2, 0.25) is 0 Å². The Morgan fingerprint density at radius 1 is 0.782 bits per heavy atom. The van der Waals surface area contributed by atoms with E-state index in [-0.39, 0.29) is 30.8 Å². The van der Waals surface area contributed by atoms with Crippen molar-refractivity contribution in [3.05, 3.63) is 0 Å². The predicted octanol–water partition coefficient (Wildman–Crippen LogP) is 2.37. The molecule has 0 bridgehead atoms. The minimum Gasteiger partial charge on any atom is -0.435 e. The molecule has 23 atom stereocenters. The van der Waals surface area contributed by atoms with Gasteiger partial charge in [-0.25, -0.2) is 0 Å². The lowest BCUT2D eigenvalue weighted by molar-refractivity contribution is -0.410. The summed E-state index contributed by atoms with van der Waals surface area (Å²) in [6.07, 6.45) is -9.48. The van der Waals surface area contributed by atoms with Crippen LogP contribution in [0, 0.1) is 35.5 Å². The number of hydrogen-bond acceptors (Lipinski definition) is 15. The summed E-state index contributed by atoms with van der Waals surface area (Å²) < 4.78 is 49.6. The van der Waals surface area contributed by atoms with Gasteiger partial charge >= 0.3 is 5.97 Å². The predicted molar refractivity (Wildman–Crippen MR) is 196 cm³/mol. The van der Waals surface area contributed by atoms with E-state index in [0.717, 1.165) is 0 Å². The first-order valence-electron chi connectivity index (χ1n) is 20.6. The molecule has 5 heterocycles. The average Bonchev–Trinajstić information content (AvgIpc) is 3.12. The van der Waals surface area contributed by atoms with Crippen molar-refractivity contribution in [3.63, 3.8) is 0 Å². The maximum absolute atomic E-state index is 13.7. The quantitative estimate of drug-likeness (QED) is 0.176. The molecule has 1 spiro atoms. The molecule has 0 aliphatic carbocycles. The Morgan fingerprint density at radius 2 is 1.35 bits per heavy atom. The molecule has 0 aromatic rings. The molecule has 6 N–H and O–H groups in total. The summed E-state index contributed by atoms with van der Waals surface area (Å²) in [4.78, 5) is 13.7. The molecule has 0 saturated carbocycles. The highest BCUT2D eigenvalue weighted by Crippen LogP contribution is 2.52. The van der Waals surface area contributed by atoms with E-state index in [1.54, 1.807) is 27.7 Å². The van der Waals surface area contributed by atoms with E-state index in [1.807, 2.05) is 48.5 Å². The zero-order valence-electron chi connectivity index (χ0n) is 34.5.